The van der Waals surface area contributed by atoms with Crippen LogP contribution in [-0.4, -0.2) is 50.9 Å². The van der Waals surface area contributed by atoms with Gasteiger partial charge in [0.25, 0.3) is 5.91 Å². The van der Waals surface area contributed by atoms with Gasteiger partial charge in [0, 0.05) is 12.6 Å². The van der Waals surface area contributed by atoms with Crippen molar-refractivity contribution in [1.82, 2.24) is 4.90 Å². The molecule has 0 saturated carbocycles. The summed E-state index contributed by atoms with van der Waals surface area (Å²) in [5, 5.41) is 0. The predicted molar refractivity (Wildman–Crippen MR) is 97.6 cm³/mol. The zero-order valence-corrected chi connectivity index (χ0v) is 15.7. The Morgan fingerprint density at radius 2 is 1.61 bits per heavy atom. The number of hydrogen-bond acceptors (Lipinski definition) is 4. The normalized spacial score (nSPS) is 11.2. The highest BCUT2D eigenvalue weighted by atomic mass is 19.4. The van der Waals surface area contributed by atoms with Crippen molar-refractivity contribution in [3.05, 3.63) is 59.7 Å². The molecule has 1 amide bonds. The van der Waals surface area contributed by atoms with Crippen LogP contribution in [0.4, 0.5) is 13.2 Å². The first kappa shape index (κ1) is 21.6. The van der Waals surface area contributed by atoms with Gasteiger partial charge in [-0.25, -0.2) is 0 Å². The lowest BCUT2D eigenvalue weighted by molar-refractivity contribution is -0.176. The van der Waals surface area contributed by atoms with E-state index in [2.05, 4.69) is 4.74 Å². The Morgan fingerprint density at radius 3 is 2.18 bits per heavy atom. The molecule has 0 fully saturated rings. The van der Waals surface area contributed by atoms with E-state index in [-0.39, 0.29) is 12.5 Å². The highest BCUT2D eigenvalue weighted by Crippen LogP contribution is 2.17. The molecule has 0 aliphatic carbocycles. The van der Waals surface area contributed by atoms with Crippen molar-refractivity contribution in [1.29, 1.82) is 0 Å². The maximum atomic E-state index is 12.4. The van der Waals surface area contributed by atoms with Gasteiger partial charge in [-0.05, 0) is 42.0 Å². The van der Waals surface area contributed by atoms with Gasteiger partial charge < -0.3 is 19.1 Å². The van der Waals surface area contributed by atoms with Gasteiger partial charge in [0.05, 0.1) is 20.3 Å². The summed E-state index contributed by atoms with van der Waals surface area (Å²) in [6.45, 7) is -0.774. The smallest absolute Gasteiger partial charge is 0.411 e. The molecule has 152 valence electrons. The maximum Gasteiger partial charge on any atom is 0.411 e. The summed E-state index contributed by atoms with van der Waals surface area (Å²) < 4.78 is 51.5. The van der Waals surface area contributed by atoms with Crippen molar-refractivity contribution < 1.29 is 32.2 Å². The lowest BCUT2D eigenvalue weighted by Gasteiger charge is -2.18. The number of alkyl halides is 3. The monoisotopic (exact) mass is 397 g/mol. The molecule has 0 N–H and O–H groups in total. The molecule has 0 unspecified atom stereocenters. The number of ether oxygens (including phenoxy) is 3. The largest absolute Gasteiger partial charge is 0.497 e. The molecule has 28 heavy (non-hydrogen) atoms. The van der Waals surface area contributed by atoms with Crippen LogP contribution < -0.4 is 9.47 Å². The quantitative estimate of drug-likeness (QED) is 0.644. The summed E-state index contributed by atoms with van der Waals surface area (Å²) in [4.78, 5) is 13.9. The molecule has 8 heteroatoms. The Hall–Kier alpha value is -2.74. The number of carbonyl (C=O) groups is 1. The van der Waals surface area contributed by atoms with E-state index in [0.29, 0.717) is 30.0 Å². The van der Waals surface area contributed by atoms with E-state index in [1.165, 1.54) is 4.90 Å². The highest BCUT2D eigenvalue weighted by molar-refractivity contribution is 5.94. The topological polar surface area (TPSA) is 48.0 Å². The third kappa shape index (κ3) is 7.11. The van der Waals surface area contributed by atoms with E-state index < -0.39 is 12.8 Å². The second kappa shape index (κ2) is 9.98. The first-order valence-electron chi connectivity index (χ1n) is 8.54. The molecule has 0 aliphatic rings. The minimum atomic E-state index is -4.35. The standard InChI is InChI=1S/C20H22F3NO4/c1-24(11-12-28-18-9-7-17(26-2)8-10-18)19(25)16-5-3-15(4-6-16)13-27-14-20(21,22)23/h3-10H,11-14H2,1-2H3. The number of halogens is 3. The fourth-order valence-electron chi connectivity index (χ4n) is 2.32. The van der Waals surface area contributed by atoms with Crippen LogP contribution in [0.15, 0.2) is 48.5 Å². The van der Waals surface area contributed by atoms with Crippen molar-refractivity contribution in [2.75, 3.05) is 33.9 Å². The van der Waals surface area contributed by atoms with Crippen molar-refractivity contribution in [2.24, 2.45) is 0 Å². The zero-order chi connectivity index (χ0) is 20.6. The molecule has 0 saturated heterocycles. The van der Waals surface area contributed by atoms with Gasteiger partial charge in [-0.2, -0.15) is 13.2 Å². The maximum absolute atomic E-state index is 12.4. The second-order valence-electron chi connectivity index (χ2n) is 6.06. The van der Waals surface area contributed by atoms with Crippen LogP contribution in [0.25, 0.3) is 0 Å². The summed E-state index contributed by atoms with van der Waals surface area (Å²) in [6.07, 6.45) is -4.35. The number of rotatable bonds is 9. The van der Waals surface area contributed by atoms with Gasteiger partial charge >= 0.3 is 6.18 Å². The van der Waals surface area contributed by atoms with Gasteiger partial charge in [-0.3, -0.25) is 4.79 Å². The lowest BCUT2D eigenvalue weighted by atomic mass is 10.1. The van der Waals surface area contributed by atoms with E-state index in [0.717, 1.165) is 5.75 Å². The fraction of sp³-hybridized carbons (Fsp3) is 0.350. The van der Waals surface area contributed by atoms with Gasteiger partial charge in [-0.15, -0.1) is 0 Å². The molecule has 0 aliphatic heterocycles. The van der Waals surface area contributed by atoms with Gasteiger partial charge in [0.2, 0.25) is 0 Å². The van der Waals surface area contributed by atoms with Crippen LogP contribution in [0.2, 0.25) is 0 Å². The Bertz CT molecular complexity index is 746. The Kier molecular flexibility index (Phi) is 7.69. The first-order valence-corrected chi connectivity index (χ1v) is 8.54. The second-order valence-corrected chi connectivity index (χ2v) is 6.06. The van der Waals surface area contributed by atoms with E-state index in [1.807, 2.05) is 0 Å². The number of nitrogens with zero attached hydrogens (tertiary/aromatic N) is 1. The molecule has 2 rings (SSSR count). The highest BCUT2D eigenvalue weighted by Gasteiger charge is 2.27. The SMILES string of the molecule is COc1ccc(OCCN(C)C(=O)c2ccc(COCC(F)(F)F)cc2)cc1. The zero-order valence-electron chi connectivity index (χ0n) is 15.7. The molecular weight excluding hydrogens is 375 g/mol. The van der Waals surface area contributed by atoms with Gasteiger partial charge in [0.1, 0.15) is 24.7 Å². The fourth-order valence-corrected chi connectivity index (χ4v) is 2.32. The molecule has 0 aromatic heterocycles. The Balaban J connectivity index is 1.78. The third-order valence-corrected chi connectivity index (χ3v) is 3.84. The summed E-state index contributed by atoms with van der Waals surface area (Å²) >= 11 is 0. The summed E-state index contributed by atoms with van der Waals surface area (Å²) in [5.41, 5.74) is 0.998. The van der Waals surface area contributed by atoms with Crippen molar-refractivity contribution >= 4 is 5.91 Å². The number of benzene rings is 2. The molecular formula is C20H22F3NO4. The minimum Gasteiger partial charge on any atom is -0.497 e. The van der Waals surface area contributed by atoms with Crippen molar-refractivity contribution in [3.8, 4) is 11.5 Å². The third-order valence-electron chi connectivity index (χ3n) is 3.84. The number of carbonyl (C=O) groups excluding carboxylic acids is 1. The Labute approximate surface area is 161 Å². The van der Waals surface area contributed by atoms with Crippen LogP contribution >= 0.6 is 0 Å². The molecule has 0 heterocycles. The number of methoxy groups -OCH3 is 1. The summed E-state index contributed by atoms with van der Waals surface area (Å²) in [6, 6.07) is 13.4. The minimum absolute atomic E-state index is 0.167. The lowest BCUT2D eigenvalue weighted by Crippen LogP contribution is -2.30. The summed E-state index contributed by atoms with van der Waals surface area (Å²) in [7, 11) is 3.23. The number of amides is 1. The van der Waals surface area contributed by atoms with E-state index in [9.17, 15) is 18.0 Å². The molecule has 2 aromatic rings. The van der Waals surface area contributed by atoms with Crippen molar-refractivity contribution in [2.45, 2.75) is 12.8 Å². The molecule has 0 bridgehead atoms. The van der Waals surface area contributed by atoms with E-state index in [4.69, 9.17) is 9.47 Å². The molecule has 0 radical (unpaired) electrons. The first-order chi connectivity index (χ1) is 13.3. The van der Waals surface area contributed by atoms with Crippen LogP contribution in [0.5, 0.6) is 11.5 Å². The van der Waals surface area contributed by atoms with Crippen LogP contribution in [0.1, 0.15) is 15.9 Å². The average Bonchev–Trinajstić information content (AvgIpc) is 2.67. The van der Waals surface area contributed by atoms with Crippen molar-refractivity contribution in [3.63, 3.8) is 0 Å². The molecule has 2 aromatic carbocycles. The van der Waals surface area contributed by atoms with Crippen LogP contribution in [0, 0.1) is 0 Å². The number of likely N-dealkylation sites (N-methyl/N-ethyl adjacent to an activating group) is 1. The van der Waals surface area contributed by atoms with E-state index in [1.54, 1.807) is 62.7 Å². The van der Waals surface area contributed by atoms with Crippen LogP contribution in [-0.2, 0) is 11.3 Å². The number of hydrogen-bond donors (Lipinski definition) is 0. The average molecular weight is 397 g/mol. The van der Waals surface area contributed by atoms with Gasteiger partial charge in [-0.1, -0.05) is 12.1 Å². The van der Waals surface area contributed by atoms with Crippen LogP contribution in [0.3, 0.4) is 0 Å². The molecule has 0 spiro atoms. The van der Waals surface area contributed by atoms with E-state index >= 15 is 0 Å². The molecule has 5 nitrogen and oxygen atoms in total. The molecule has 0 atom stereocenters. The summed E-state index contributed by atoms with van der Waals surface area (Å²) in [5.74, 6) is 1.19. The predicted octanol–water partition coefficient (Wildman–Crippen LogP) is 3.93. The Morgan fingerprint density at radius 1 is 1.00 bits per heavy atom. The van der Waals surface area contributed by atoms with Gasteiger partial charge in [0.15, 0.2) is 0 Å².